The number of fused-ring (bicyclic) bond motifs is 1. The summed E-state index contributed by atoms with van der Waals surface area (Å²) in [6.07, 6.45) is 0.327. The molecule has 2 atom stereocenters. The van der Waals surface area contributed by atoms with Crippen LogP contribution in [-0.4, -0.2) is 42.3 Å². The molecule has 2 aromatic carbocycles. The van der Waals surface area contributed by atoms with E-state index < -0.39 is 9.84 Å². The van der Waals surface area contributed by atoms with Crippen LogP contribution in [0.25, 0.3) is 0 Å². The van der Waals surface area contributed by atoms with Gasteiger partial charge in [0, 0.05) is 16.7 Å². The lowest BCUT2D eigenvalue weighted by atomic mass is 10.1. The molecule has 2 fully saturated rings. The molecule has 32 heavy (non-hydrogen) atoms. The van der Waals surface area contributed by atoms with Gasteiger partial charge in [-0.2, -0.15) is 4.99 Å². The molecule has 0 spiro atoms. The van der Waals surface area contributed by atoms with Crippen LogP contribution in [-0.2, 0) is 14.6 Å². The summed E-state index contributed by atoms with van der Waals surface area (Å²) in [4.78, 5) is 18.7. The Morgan fingerprint density at radius 2 is 2.03 bits per heavy atom. The van der Waals surface area contributed by atoms with Crippen molar-refractivity contribution >= 4 is 50.0 Å². The minimum atomic E-state index is -3.18. The van der Waals surface area contributed by atoms with E-state index in [0.29, 0.717) is 33.8 Å². The zero-order chi connectivity index (χ0) is 23.0. The molecular weight excluding hydrogens is 468 g/mol. The molecule has 2 aliphatic rings. The molecule has 2 saturated heterocycles. The van der Waals surface area contributed by atoms with Crippen molar-refractivity contribution in [3.63, 3.8) is 0 Å². The van der Waals surface area contributed by atoms with Gasteiger partial charge in [0.25, 0.3) is 0 Å². The van der Waals surface area contributed by atoms with Gasteiger partial charge in [-0.1, -0.05) is 49.3 Å². The molecule has 0 saturated carbocycles. The second-order valence-electron chi connectivity index (χ2n) is 8.59. The first-order valence-corrected chi connectivity index (χ1v) is 13.5. The molecule has 0 N–H and O–H groups in total. The van der Waals surface area contributed by atoms with Crippen molar-refractivity contribution in [3.05, 3.63) is 53.1 Å². The molecule has 170 valence electrons. The summed E-state index contributed by atoms with van der Waals surface area (Å²) in [5.74, 6) is 1.19. The van der Waals surface area contributed by atoms with Crippen LogP contribution in [0.4, 0.5) is 5.69 Å². The number of rotatable bonds is 5. The number of thioether (sulfide) groups is 1. The van der Waals surface area contributed by atoms with Gasteiger partial charge in [-0.3, -0.25) is 4.79 Å². The number of halogens is 1. The number of ether oxygens (including phenoxy) is 1. The zero-order valence-corrected chi connectivity index (χ0v) is 20.5. The largest absolute Gasteiger partial charge is 0.455 e. The number of carbonyl (C=O) groups excluding carboxylic acids is 1. The number of hydrogen-bond acceptors (Lipinski definition) is 5. The average molecular weight is 493 g/mol. The van der Waals surface area contributed by atoms with Gasteiger partial charge in [0.05, 0.1) is 23.2 Å². The molecule has 0 aliphatic carbocycles. The van der Waals surface area contributed by atoms with Gasteiger partial charge in [0.1, 0.15) is 5.75 Å². The zero-order valence-electron chi connectivity index (χ0n) is 18.1. The summed E-state index contributed by atoms with van der Waals surface area (Å²) >= 11 is 7.67. The van der Waals surface area contributed by atoms with Crippen molar-refractivity contribution < 1.29 is 17.9 Å². The Balaban J connectivity index is 1.77. The highest BCUT2D eigenvalue weighted by Crippen LogP contribution is 2.45. The first-order valence-electron chi connectivity index (χ1n) is 10.4. The van der Waals surface area contributed by atoms with Crippen LogP contribution < -0.4 is 9.64 Å². The smallest absolute Gasteiger partial charge is 0.248 e. The lowest BCUT2D eigenvalue weighted by Gasteiger charge is -2.27. The molecule has 0 radical (unpaired) electrons. The number of hydrogen-bond donors (Lipinski definition) is 0. The van der Waals surface area contributed by atoms with Crippen LogP contribution in [0, 0.1) is 12.8 Å². The van der Waals surface area contributed by atoms with Crippen LogP contribution in [0.3, 0.4) is 0 Å². The fraction of sp³-hybridized carbons (Fsp3) is 0.391. The third-order valence-electron chi connectivity index (χ3n) is 5.27. The Labute approximate surface area is 197 Å². The number of amidine groups is 1. The number of nitrogens with zero attached hydrogens (tertiary/aromatic N) is 2. The van der Waals surface area contributed by atoms with E-state index in [1.54, 1.807) is 18.2 Å². The van der Waals surface area contributed by atoms with Gasteiger partial charge in [-0.05, 0) is 48.7 Å². The second kappa shape index (κ2) is 9.08. The highest BCUT2D eigenvalue weighted by molar-refractivity contribution is 8.16. The van der Waals surface area contributed by atoms with Gasteiger partial charge in [0.2, 0.25) is 5.91 Å². The highest BCUT2D eigenvalue weighted by atomic mass is 35.5. The summed E-state index contributed by atoms with van der Waals surface area (Å²) in [5.41, 5.74) is 1.66. The van der Waals surface area contributed by atoms with E-state index in [-0.39, 0.29) is 34.6 Å². The number of benzene rings is 2. The molecule has 1 amide bonds. The summed E-state index contributed by atoms with van der Waals surface area (Å²) in [6.45, 7) is 5.90. The highest BCUT2D eigenvalue weighted by Gasteiger charge is 2.50. The van der Waals surface area contributed by atoms with Crippen molar-refractivity contribution in [1.29, 1.82) is 0 Å². The van der Waals surface area contributed by atoms with E-state index in [1.165, 1.54) is 11.8 Å². The molecule has 0 bridgehead atoms. The van der Waals surface area contributed by atoms with Gasteiger partial charge in [-0.15, -0.1) is 0 Å². The molecule has 4 rings (SSSR count). The van der Waals surface area contributed by atoms with Crippen molar-refractivity contribution in [2.75, 3.05) is 16.4 Å². The molecule has 9 heteroatoms. The molecule has 2 aromatic rings. The van der Waals surface area contributed by atoms with Crippen molar-refractivity contribution in [2.24, 2.45) is 10.9 Å². The van der Waals surface area contributed by atoms with Crippen molar-refractivity contribution in [1.82, 2.24) is 0 Å². The van der Waals surface area contributed by atoms with Crippen LogP contribution >= 0.6 is 23.4 Å². The van der Waals surface area contributed by atoms with E-state index in [1.807, 2.05) is 49.9 Å². The molecule has 0 aromatic heterocycles. The summed E-state index contributed by atoms with van der Waals surface area (Å²) in [6, 6.07) is 12.5. The average Bonchev–Trinajstić information content (AvgIpc) is 3.13. The number of anilines is 1. The second-order valence-corrected chi connectivity index (χ2v) is 12.4. The Kier molecular flexibility index (Phi) is 6.56. The SMILES string of the molecule is Cc1cccc(Oc2ccc(Cl)cc2N2C(=NC(=O)CC(C)C)S[C@H]3CS(=O)(=O)C[C@H]32)c1. The molecule has 2 heterocycles. The molecule has 0 unspecified atom stereocenters. The predicted octanol–water partition coefficient (Wildman–Crippen LogP) is 5.09. The van der Waals surface area contributed by atoms with Crippen LogP contribution in [0.1, 0.15) is 25.8 Å². The first-order chi connectivity index (χ1) is 15.1. The van der Waals surface area contributed by atoms with Crippen molar-refractivity contribution in [3.8, 4) is 11.5 Å². The predicted molar refractivity (Wildman–Crippen MR) is 131 cm³/mol. The molecule has 6 nitrogen and oxygen atoms in total. The minimum absolute atomic E-state index is 0.00153. The Morgan fingerprint density at radius 3 is 2.75 bits per heavy atom. The maximum atomic E-state index is 12.5. The number of aryl methyl sites for hydroxylation is 1. The Hall–Kier alpha value is -2.03. The fourth-order valence-corrected chi connectivity index (χ4v) is 8.01. The molecule has 2 aliphatic heterocycles. The van der Waals surface area contributed by atoms with Gasteiger partial charge < -0.3 is 9.64 Å². The van der Waals surface area contributed by atoms with E-state index in [4.69, 9.17) is 16.3 Å². The fourth-order valence-electron chi connectivity index (χ4n) is 3.92. The topological polar surface area (TPSA) is 76.0 Å². The van der Waals surface area contributed by atoms with Crippen LogP contribution in [0.2, 0.25) is 5.02 Å². The summed E-state index contributed by atoms with van der Waals surface area (Å²) in [5, 5.41) is 0.784. The van der Waals surface area contributed by atoms with Gasteiger partial charge in [0.15, 0.2) is 20.8 Å². The minimum Gasteiger partial charge on any atom is -0.455 e. The maximum Gasteiger partial charge on any atom is 0.248 e. The van der Waals surface area contributed by atoms with Crippen LogP contribution in [0.5, 0.6) is 11.5 Å². The Bertz CT molecular complexity index is 1180. The summed E-state index contributed by atoms with van der Waals surface area (Å²) in [7, 11) is -3.18. The van der Waals surface area contributed by atoms with E-state index in [9.17, 15) is 13.2 Å². The summed E-state index contributed by atoms with van der Waals surface area (Å²) < 4.78 is 30.9. The quantitative estimate of drug-likeness (QED) is 0.578. The van der Waals surface area contributed by atoms with E-state index in [0.717, 1.165) is 5.56 Å². The molecular formula is C23H25ClN2O4S2. The third-order valence-corrected chi connectivity index (χ3v) is 8.71. The van der Waals surface area contributed by atoms with Gasteiger partial charge >= 0.3 is 0 Å². The maximum absolute atomic E-state index is 12.5. The van der Waals surface area contributed by atoms with Gasteiger partial charge in [-0.25, -0.2) is 8.42 Å². The lowest BCUT2D eigenvalue weighted by Crippen LogP contribution is -2.38. The number of sulfone groups is 1. The van der Waals surface area contributed by atoms with Crippen molar-refractivity contribution in [2.45, 2.75) is 38.5 Å². The monoisotopic (exact) mass is 492 g/mol. The lowest BCUT2D eigenvalue weighted by molar-refractivity contribution is -0.118. The first kappa shape index (κ1) is 23.1. The third kappa shape index (κ3) is 5.13. The van der Waals surface area contributed by atoms with E-state index >= 15 is 0 Å². The number of carbonyl (C=O) groups is 1. The number of aliphatic imine (C=N–C) groups is 1. The number of amides is 1. The standard InChI is InChI=1S/C23H25ClN2O4S2/c1-14(2)9-22(27)25-23-26(19-12-32(28,29)13-21(19)31-23)18-11-16(24)7-8-20(18)30-17-6-4-5-15(3)10-17/h4-8,10-11,14,19,21H,9,12-13H2,1-3H3/t19-,21+/m1/s1. The normalized spacial score (nSPS) is 23.0. The van der Waals surface area contributed by atoms with E-state index in [2.05, 4.69) is 4.99 Å². The van der Waals surface area contributed by atoms with Crippen LogP contribution in [0.15, 0.2) is 47.5 Å². The Morgan fingerprint density at radius 1 is 1.25 bits per heavy atom.